The lowest BCUT2D eigenvalue weighted by molar-refractivity contribution is -0.142. The number of carbonyl (C=O) groups excluding carboxylic acids is 1. The van der Waals surface area contributed by atoms with E-state index in [0.717, 1.165) is 23.2 Å². The molecule has 0 saturated heterocycles. The molecule has 5 rings (SSSR count). The van der Waals surface area contributed by atoms with Crippen molar-refractivity contribution in [2.24, 2.45) is 0 Å². The summed E-state index contributed by atoms with van der Waals surface area (Å²) in [5.41, 5.74) is 3.42. The Labute approximate surface area is 255 Å². The van der Waals surface area contributed by atoms with E-state index in [-0.39, 0.29) is 12.7 Å². The highest BCUT2D eigenvalue weighted by Gasteiger charge is 2.35. The van der Waals surface area contributed by atoms with Gasteiger partial charge in [0, 0.05) is 0 Å². The maximum absolute atomic E-state index is 12.6. The highest BCUT2D eigenvalue weighted by atomic mass is 28.3. The SMILES string of the molecule is C[Si](C)(CCOC(=O)OC[C@H]1OC=C[C@@H](OCc2ccccc2)[C@@H]1OCc1ccccc1)Cc1ccc2ccccc2c1. The minimum absolute atomic E-state index is 0.00820. The fourth-order valence-electron chi connectivity index (χ4n) is 5.23. The molecule has 0 aromatic heterocycles. The maximum Gasteiger partial charge on any atom is 0.508 e. The van der Waals surface area contributed by atoms with Crippen LogP contribution in [0.2, 0.25) is 19.1 Å². The van der Waals surface area contributed by atoms with Crippen molar-refractivity contribution in [3.05, 3.63) is 132 Å². The zero-order chi connectivity index (χ0) is 29.9. The fourth-order valence-corrected chi connectivity index (χ4v) is 7.39. The summed E-state index contributed by atoms with van der Waals surface area (Å²) in [6, 6.07) is 36.8. The van der Waals surface area contributed by atoms with Crippen LogP contribution < -0.4 is 0 Å². The van der Waals surface area contributed by atoms with E-state index in [9.17, 15) is 4.79 Å². The molecule has 6 nitrogen and oxygen atoms in total. The largest absolute Gasteiger partial charge is 0.508 e. The van der Waals surface area contributed by atoms with Gasteiger partial charge in [0.25, 0.3) is 0 Å². The Kier molecular flexibility index (Phi) is 10.7. The summed E-state index contributed by atoms with van der Waals surface area (Å²) in [5.74, 6) is 0. The summed E-state index contributed by atoms with van der Waals surface area (Å²) in [5, 5.41) is 2.50. The molecule has 0 N–H and O–H groups in total. The number of rotatable bonds is 13. The van der Waals surface area contributed by atoms with Crippen LogP contribution in [0.25, 0.3) is 10.8 Å². The molecular formula is C36H40O6Si. The van der Waals surface area contributed by atoms with E-state index in [0.29, 0.717) is 19.8 Å². The van der Waals surface area contributed by atoms with Gasteiger partial charge in [0.05, 0.1) is 34.2 Å². The van der Waals surface area contributed by atoms with Gasteiger partial charge >= 0.3 is 6.16 Å². The molecule has 0 radical (unpaired) electrons. The van der Waals surface area contributed by atoms with Crippen molar-refractivity contribution in [1.29, 1.82) is 0 Å². The Morgan fingerprint density at radius 3 is 2.12 bits per heavy atom. The number of carbonyl (C=O) groups is 1. The molecule has 0 unspecified atom stereocenters. The van der Waals surface area contributed by atoms with E-state index >= 15 is 0 Å². The standard InChI is InChI=1S/C36H40O6Si/c1-43(2,27-30-17-18-31-15-9-10-16-32(31)23-30)22-21-39-36(37)42-26-34-35(41-25-29-13-7-4-8-14-29)33(19-20-38-34)40-24-28-11-5-3-6-12-28/h3-20,23,33-35H,21-22,24-27H2,1-2H3/t33-,34-,35+/m1/s1. The van der Waals surface area contributed by atoms with Crippen LogP contribution in [0.5, 0.6) is 0 Å². The van der Waals surface area contributed by atoms with Crippen molar-refractivity contribution < 1.29 is 28.5 Å². The lowest BCUT2D eigenvalue weighted by Crippen LogP contribution is -2.46. The van der Waals surface area contributed by atoms with Crippen LogP contribution >= 0.6 is 0 Å². The van der Waals surface area contributed by atoms with E-state index in [2.05, 4.69) is 55.6 Å². The minimum Gasteiger partial charge on any atom is -0.492 e. The molecule has 0 amide bonds. The molecule has 7 heteroatoms. The Morgan fingerprint density at radius 1 is 0.744 bits per heavy atom. The lowest BCUT2D eigenvalue weighted by atomic mass is 10.1. The van der Waals surface area contributed by atoms with E-state index < -0.39 is 26.4 Å². The first-order chi connectivity index (χ1) is 20.9. The average molecular weight is 597 g/mol. The summed E-state index contributed by atoms with van der Waals surface area (Å²) in [7, 11) is -1.66. The van der Waals surface area contributed by atoms with Crippen molar-refractivity contribution >= 4 is 25.0 Å². The molecule has 4 aromatic rings. The Bertz CT molecular complexity index is 1470. The number of hydrogen-bond acceptors (Lipinski definition) is 6. The molecule has 3 atom stereocenters. The number of benzene rings is 4. The highest BCUT2D eigenvalue weighted by Crippen LogP contribution is 2.24. The molecule has 1 heterocycles. The van der Waals surface area contributed by atoms with Crippen LogP contribution in [0, 0.1) is 0 Å². The van der Waals surface area contributed by atoms with Crippen LogP contribution in [0.1, 0.15) is 16.7 Å². The van der Waals surface area contributed by atoms with Gasteiger partial charge in [-0.2, -0.15) is 0 Å². The van der Waals surface area contributed by atoms with Gasteiger partial charge < -0.3 is 23.7 Å². The normalized spacial score (nSPS) is 18.2. The molecule has 0 spiro atoms. The van der Waals surface area contributed by atoms with Crippen molar-refractivity contribution in [3.63, 3.8) is 0 Å². The summed E-state index contributed by atoms with van der Waals surface area (Å²) in [6.45, 7) is 5.77. The molecule has 224 valence electrons. The van der Waals surface area contributed by atoms with Gasteiger partial charge in [-0.25, -0.2) is 4.79 Å². The van der Waals surface area contributed by atoms with Gasteiger partial charge in [-0.15, -0.1) is 0 Å². The van der Waals surface area contributed by atoms with E-state index in [1.54, 1.807) is 6.26 Å². The van der Waals surface area contributed by atoms with Crippen molar-refractivity contribution in [2.75, 3.05) is 13.2 Å². The second-order valence-electron chi connectivity index (χ2n) is 11.7. The molecule has 1 aliphatic heterocycles. The summed E-state index contributed by atoms with van der Waals surface area (Å²) in [4.78, 5) is 12.6. The first-order valence-electron chi connectivity index (χ1n) is 14.9. The second-order valence-corrected chi connectivity index (χ2v) is 16.9. The average Bonchev–Trinajstić information content (AvgIpc) is 3.02. The van der Waals surface area contributed by atoms with Crippen LogP contribution in [-0.2, 0) is 42.9 Å². The number of ether oxygens (including phenoxy) is 5. The smallest absolute Gasteiger partial charge is 0.492 e. The summed E-state index contributed by atoms with van der Waals surface area (Å²) in [6.07, 6.45) is 1.35. The van der Waals surface area contributed by atoms with Gasteiger partial charge in [-0.3, -0.25) is 0 Å². The molecule has 0 saturated carbocycles. The first kappa shape index (κ1) is 30.5. The predicted molar refractivity (Wildman–Crippen MR) is 171 cm³/mol. The topological polar surface area (TPSA) is 63.2 Å². The lowest BCUT2D eigenvalue weighted by Gasteiger charge is -2.34. The van der Waals surface area contributed by atoms with Crippen molar-refractivity contribution in [1.82, 2.24) is 0 Å². The molecule has 0 aliphatic carbocycles. The monoisotopic (exact) mass is 596 g/mol. The predicted octanol–water partition coefficient (Wildman–Crippen LogP) is 7.87. The zero-order valence-electron chi connectivity index (χ0n) is 24.9. The van der Waals surface area contributed by atoms with Crippen molar-refractivity contribution in [3.8, 4) is 0 Å². The molecule has 4 aromatic carbocycles. The van der Waals surface area contributed by atoms with Gasteiger partial charge in [-0.05, 0) is 40.1 Å². The van der Waals surface area contributed by atoms with Crippen LogP contribution in [-0.4, -0.2) is 45.8 Å². The van der Waals surface area contributed by atoms with Gasteiger partial charge in [0.15, 0.2) is 6.10 Å². The highest BCUT2D eigenvalue weighted by molar-refractivity contribution is 6.76. The van der Waals surface area contributed by atoms with Crippen LogP contribution in [0.4, 0.5) is 4.79 Å². The zero-order valence-corrected chi connectivity index (χ0v) is 25.9. The Balaban J connectivity index is 1.12. The molecule has 0 fully saturated rings. The van der Waals surface area contributed by atoms with Gasteiger partial charge in [-0.1, -0.05) is 122 Å². The third-order valence-electron chi connectivity index (χ3n) is 7.64. The van der Waals surface area contributed by atoms with Gasteiger partial charge in [0.1, 0.15) is 18.8 Å². The number of fused-ring (bicyclic) bond motifs is 1. The quantitative estimate of drug-likeness (QED) is 0.116. The van der Waals surface area contributed by atoms with Crippen LogP contribution in [0.15, 0.2) is 115 Å². The van der Waals surface area contributed by atoms with Crippen molar-refractivity contribution in [2.45, 2.75) is 56.7 Å². The molecule has 43 heavy (non-hydrogen) atoms. The van der Waals surface area contributed by atoms with E-state index in [1.807, 2.05) is 66.7 Å². The Morgan fingerprint density at radius 2 is 1.40 bits per heavy atom. The third-order valence-corrected chi connectivity index (χ3v) is 10.6. The molecular weight excluding hydrogens is 556 g/mol. The fraction of sp³-hybridized carbons (Fsp3) is 0.306. The third kappa shape index (κ3) is 9.29. The first-order valence-corrected chi connectivity index (χ1v) is 18.3. The maximum atomic E-state index is 12.6. The number of hydrogen-bond donors (Lipinski definition) is 0. The molecule has 1 aliphatic rings. The Hall–Kier alpha value is -3.91. The van der Waals surface area contributed by atoms with E-state index in [1.165, 1.54) is 16.3 Å². The summed E-state index contributed by atoms with van der Waals surface area (Å²) < 4.78 is 29.4. The molecule has 0 bridgehead atoms. The van der Waals surface area contributed by atoms with Gasteiger partial charge in [0.2, 0.25) is 0 Å². The van der Waals surface area contributed by atoms with Crippen LogP contribution in [0.3, 0.4) is 0 Å². The second kappa shape index (κ2) is 15.0. The minimum atomic E-state index is -1.66. The van der Waals surface area contributed by atoms with E-state index in [4.69, 9.17) is 23.7 Å². The summed E-state index contributed by atoms with van der Waals surface area (Å²) >= 11 is 0.